The molecule has 0 aliphatic heterocycles. The fourth-order valence-corrected chi connectivity index (χ4v) is 2.10. The number of hydrogen-bond donors (Lipinski definition) is 0. The van der Waals surface area contributed by atoms with Gasteiger partial charge >= 0.3 is 5.97 Å². The number of carbonyl (C=O) groups is 1. The molecule has 0 heterocycles. The zero-order valence-corrected chi connectivity index (χ0v) is 11.4. The smallest absolute Gasteiger partial charge is 0.305 e. The average molecular weight is 249 g/mol. The van der Waals surface area contributed by atoms with Gasteiger partial charge in [0.05, 0.1) is 7.11 Å². The van der Waals surface area contributed by atoms with Crippen molar-refractivity contribution < 1.29 is 9.53 Å². The summed E-state index contributed by atoms with van der Waals surface area (Å²) in [5, 5.41) is 0.361. The number of esters is 1. The van der Waals surface area contributed by atoms with Crippen LogP contribution in [0, 0.1) is 0 Å². The van der Waals surface area contributed by atoms with E-state index < -0.39 is 0 Å². The third-order valence-electron chi connectivity index (χ3n) is 2.73. The van der Waals surface area contributed by atoms with Crippen LogP contribution >= 0.6 is 11.6 Å². The van der Waals surface area contributed by atoms with Gasteiger partial charge in [0.2, 0.25) is 0 Å². The zero-order valence-electron chi connectivity index (χ0n) is 10.6. The molecule has 0 aliphatic carbocycles. The second kappa shape index (κ2) is 11.3. The van der Waals surface area contributed by atoms with Crippen LogP contribution in [0.15, 0.2) is 0 Å². The number of carbonyl (C=O) groups excluding carboxylic acids is 1. The van der Waals surface area contributed by atoms with Gasteiger partial charge in [0.25, 0.3) is 0 Å². The van der Waals surface area contributed by atoms with Crippen molar-refractivity contribution in [2.75, 3.05) is 7.11 Å². The normalized spacial score (nSPS) is 12.4. The molecule has 2 nitrogen and oxygen atoms in total. The summed E-state index contributed by atoms with van der Waals surface area (Å²) in [6.45, 7) is 2.17. The quantitative estimate of drug-likeness (QED) is 0.327. The van der Waals surface area contributed by atoms with Crippen molar-refractivity contribution in [1.82, 2.24) is 0 Å². The molecule has 0 bridgehead atoms. The van der Waals surface area contributed by atoms with Gasteiger partial charge in [0.15, 0.2) is 0 Å². The summed E-state index contributed by atoms with van der Waals surface area (Å²) in [6, 6.07) is 0. The van der Waals surface area contributed by atoms with Gasteiger partial charge in [-0.1, -0.05) is 39.0 Å². The number of unbranched alkanes of at least 4 members (excludes halogenated alkanes) is 4. The molecule has 16 heavy (non-hydrogen) atoms. The Balaban J connectivity index is 3.12. The molecular formula is C13H25ClO2. The Morgan fingerprint density at radius 1 is 1.12 bits per heavy atom. The lowest BCUT2D eigenvalue weighted by Gasteiger charge is -2.07. The highest BCUT2D eigenvalue weighted by Gasteiger charge is 2.02. The van der Waals surface area contributed by atoms with Crippen LogP contribution in [-0.2, 0) is 9.53 Å². The van der Waals surface area contributed by atoms with Crippen molar-refractivity contribution in [3.05, 3.63) is 0 Å². The summed E-state index contributed by atoms with van der Waals surface area (Å²) in [7, 11) is 1.44. The van der Waals surface area contributed by atoms with Gasteiger partial charge in [-0.2, -0.15) is 0 Å². The highest BCUT2D eigenvalue weighted by atomic mass is 35.5. The molecule has 0 aromatic heterocycles. The molecule has 0 saturated carbocycles. The molecule has 0 aliphatic rings. The lowest BCUT2D eigenvalue weighted by atomic mass is 10.1. The van der Waals surface area contributed by atoms with Gasteiger partial charge in [-0.25, -0.2) is 0 Å². The van der Waals surface area contributed by atoms with E-state index in [9.17, 15) is 4.79 Å². The Labute approximate surface area is 105 Å². The van der Waals surface area contributed by atoms with Crippen LogP contribution in [0.2, 0.25) is 0 Å². The molecule has 0 rings (SSSR count). The largest absolute Gasteiger partial charge is 0.469 e. The zero-order chi connectivity index (χ0) is 12.2. The topological polar surface area (TPSA) is 26.3 Å². The van der Waals surface area contributed by atoms with Crippen molar-refractivity contribution in [1.29, 1.82) is 0 Å². The standard InChI is InChI=1S/C13H25ClO2/c1-3-9-12(14)10-7-5-4-6-8-11-13(15)16-2/h12H,3-11H2,1-2H3. The Kier molecular flexibility index (Phi) is 11.1. The number of methoxy groups -OCH3 is 1. The molecule has 96 valence electrons. The van der Waals surface area contributed by atoms with Crippen LogP contribution in [0.1, 0.15) is 64.7 Å². The first-order valence-corrected chi connectivity index (χ1v) is 6.85. The number of hydrogen-bond acceptors (Lipinski definition) is 2. The van der Waals surface area contributed by atoms with Gasteiger partial charge in [0.1, 0.15) is 0 Å². The second-order valence-electron chi connectivity index (χ2n) is 4.27. The first-order valence-electron chi connectivity index (χ1n) is 6.41. The van der Waals surface area contributed by atoms with E-state index in [1.54, 1.807) is 0 Å². The average Bonchev–Trinajstić information content (AvgIpc) is 2.27. The van der Waals surface area contributed by atoms with Crippen molar-refractivity contribution in [2.45, 2.75) is 70.1 Å². The molecule has 0 aromatic carbocycles. The maximum absolute atomic E-state index is 10.8. The number of alkyl halides is 1. The predicted octanol–water partition coefficient (Wildman–Crippen LogP) is 4.30. The van der Waals surface area contributed by atoms with E-state index >= 15 is 0 Å². The van der Waals surface area contributed by atoms with Crippen LogP contribution in [0.3, 0.4) is 0 Å². The minimum Gasteiger partial charge on any atom is -0.469 e. The SMILES string of the molecule is CCCC(Cl)CCCCCCCC(=O)OC. The lowest BCUT2D eigenvalue weighted by molar-refractivity contribution is -0.140. The van der Waals surface area contributed by atoms with Crippen LogP contribution in [0.4, 0.5) is 0 Å². The predicted molar refractivity (Wildman–Crippen MR) is 68.9 cm³/mol. The van der Waals surface area contributed by atoms with Crippen LogP contribution in [0.5, 0.6) is 0 Å². The third kappa shape index (κ3) is 10.3. The van der Waals surface area contributed by atoms with Crippen molar-refractivity contribution >= 4 is 17.6 Å². The first kappa shape index (κ1) is 15.8. The van der Waals surface area contributed by atoms with Crippen LogP contribution in [-0.4, -0.2) is 18.5 Å². The molecule has 0 fully saturated rings. The Morgan fingerprint density at radius 3 is 2.38 bits per heavy atom. The molecule has 0 amide bonds. The van der Waals surface area contributed by atoms with Crippen molar-refractivity contribution in [3.8, 4) is 0 Å². The minimum atomic E-state index is -0.0937. The second-order valence-corrected chi connectivity index (χ2v) is 4.89. The first-order chi connectivity index (χ1) is 7.70. The number of halogens is 1. The lowest BCUT2D eigenvalue weighted by Crippen LogP contribution is -1.99. The molecule has 1 atom stereocenters. The molecule has 3 heteroatoms. The van der Waals surface area contributed by atoms with Crippen LogP contribution < -0.4 is 0 Å². The Bertz CT molecular complexity index is 171. The Hall–Kier alpha value is -0.240. The van der Waals surface area contributed by atoms with E-state index in [1.807, 2.05) is 0 Å². The number of rotatable bonds is 10. The molecule has 0 aromatic rings. The Morgan fingerprint density at radius 2 is 1.75 bits per heavy atom. The maximum Gasteiger partial charge on any atom is 0.305 e. The maximum atomic E-state index is 10.8. The summed E-state index contributed by atoms with van der Waals surface area (Å²) < 4.78 is 4.58. The molecular weight excluding hydrogens is 224 g/mol. The fourth-order valence-electron chi connectivity index (χ4n) is 1.73. The molecule has 0 spiro atoms. The summed E-state index contributed by atoms with van der Waals surface area (Å²) in [5.74, 6) is -0.0937. The van der Waals surface area contributed by atoms with Gasteiger partial charge < -0.3 is 4.74 Å². The minimum absolute atomic E-state index is 0.0937. The van der Waals surface area contributed by atoms with Gasteiger partial charge in [0, 0.05) is 11.8 Å². The van der Waals surface area contributed by atoms with E-state index in [1.165, 1.54) is 32.8 Å². The molecule has 0 saturated heterocycles. The highest BCUT2D eigenvalue weighted by molar-refractivity contribution is 6.20. The third-order valence-corrected chi connectivity index (χ3v) is 3.16. The van der Waals surface area contributed by atoms with E-state index in [0.717, 1.165) is 25.7 Å². The van der Waals surface area contributed by atoms with Crippen LogP contribution in [0.25, 0.3) is 0 Å². The highest BCUT2D eigenvalue weighted by Crippen LogP contribution is 2.15. The monoisotopic (exact) mass is 248 g/mol. The summed E-state index contributed by atoms with van der Waals surface area (Å²) in [4.78, 5) is 10.8. The van der Waals surface area contributed by atoms with E-state index in [2.05, 4.69) is 11.7 Å². The summed E-state index contributed by atoms with van der Waals surface area (Å²) >= 11 is 6.12. The van der Waals surface area contributed by atoms with Crippen molar-refractivity contribution in [3.63, 3.8) is 0 Å². The summed E-state index contributed by atoms with van der Waals surface area (Å²) in [6.07, 6.45) is 9.71. The van der Waals surface area contributed by atoms with Gasteiger partial charge in [-0.05, 0) is 19.3 Å². The van der Waals surface area contributed by atoms with E-state index in [4.69, 9.17) is 11.6 Å². The van der Waals surface area contributed by atoms with Gasteiger partial charge in [-0.3, -0.25) is 4.79 Å². The van der Waals surface area contributed by atoms with E-state index in [0.29, 0.717) is 11.8 Å². The van der Waals surface area contributed by atoms with E-state index in [-0.39, 0.29) is 5.97 Å². The number of ether oxygens (including phenoxy) is 1. The molecule has 1 unspecified atom stereocenters. The van der Waals surface area contributed by atoms with Crippen molar-refractivity contribution in [2.24, 2.45) is 0 Å². The molecule has 0 N–H and O–H groups in total. The summed E-state index contributed by atoms with van der Waals surface area (Å²) in [5.41, 5.74) is 0. The fraction of sp³-hybridized carbons (Fsp3) is 0.923. The molecule has 0 radical (unpaired) electrons. The van der Waals surface area contributed by atoms with Gasteiger partial charge in [-0.15, -0.1) is 11.6 Å².